The van der Waals surface area contributed by atoms with Gasteiger partial charge < -0.3 is 9.64 Å². The average Bonchev–Trinajstić information content (AvgIpc) is 2.67. The van der Waals surface area contributed by atoms with Crippen molar-refractivity contribution in [2.75, 3.05) is 37.0 Å². The van der Waals surface area contributed by atoms with Crippen molar-refractivity contribution in [1.82, 2.24) is 9.97 Å². The lowest BCUT2D eigenvalue weighted by molar-refractivity contribution is 0.0888. The number of anilines is 1. The van der Waals surface area contributed by atoms with E-state index in [9.17, 15) is 8.42 Å². The van der Waals surface area contributed by atoms with Crippen molar-refractivity contribution in [3.05, 3.63) is 18.5 Å². The van der Waals surface area contributed by atoms with Gasteiger partial charge in [0.25, 0.3) is 0 Å². The molecule has 2 aliphatic heterocycles. The normalized spacial score (nSPS) is 26.6. The summed E-state index contributed by atoms with van der Waals surface area (Å²) in [7, 11) is -3.05. The summed E-state index contributed by atoms with van der Waals surface area (Å²) in [5.41, 5.74) is 0. The number of ether oxygens (including phenoxy) is 1. The zero-order valence-electron chi connectivity index (χ0n) is 11.5. The summed E-state index contributed by atoms with van der Waals surface area (Å²) in [6.45, 7) is 4.05. The Balaban J connectivity index is 1.78. The molecule has 0 aromatic carbocycles. The molecule has 20 heavy (non-hydrogen) atoms. The minimum Gasteiger partial charge on any atom is -0.381 e. The molecule has 1 aromatic rings. The number of nitrogens with zero attached hydrogens (tertiary/aromatic N) is 3. The van der Waals surface area contributed by atoms with Gasteiger partial charge in [0.1, 0.15) is 4.75 Å². The van der Waals surface area contributed by atoms with E-state index < -0.39 is 14.6 Å². The summed E-state index contributed by atoms with van der Waals surface area (Å²) in [6.07, 6.45) is 4.05. The Labute approximate surface area is 119 Å². The Morgan fingerprint density at radius 1 is 1.40 bits per heavy atom. The Hall–Kier alpha value is -1.21. The highest BCUT2D eigenvalue weighted by molar-refractivity contribution is 7.93. The molecule has 2 aliphatic rings. The van der Waals surface area contributed by atoms with E-state index >= 15 is 0 Å². The lowest BCUT2D eigenvalue weighted by atomic mass is 9.84. The number of sulfone groups is 1. The van der Waals surface area contributed by atoms with Gasteiger partial charge in [0.2, 0.25) is 5.95 Å². The standard InChI is InChI=1S/C13H19N3O3S/c1-2-19-8-11-4-7-20(17,18)13(11)9-16(10-13)12-14-5-3-6-15-12/h3,5-6,11H,2,4,7-10H2,1H3/t11-/m0/s1. The van der Waals surface area contributed by atoms with Crippen molar-refractivity contribution in [2.45, 2.75) is 18.1 Å². The van der Waals surface area contributed by atoms with Crippen LogP contribution in [0.3, 0.4) is 0 Å². The van der Waals surface area contributed by atoms with E-state index in [2.05, 4.69) is 9.97 Å². The first-order valence-electron chi connectivity index (χ1n) is 6.91. The summed E-state index contributed by atoms with van der Waals surface area (Å²) in [5, 5.41) is 0. The Morgan fingerprint density at radius 3 is 2.75 bits per heavy atom. The first kappa shape index (κ1) is 13.8. The third-order valence-electron chi connectivity index (χ3n) is 4.37. The second-order valence-corrected chi connectivity index (χ2v) is 7.88. The molecule has 0 unspecified atom stereocenters. The summed E-state index contributed by atoms with van der Waals surface area (Å²) in [6, 6.07) is 1.75. The fourth-order valence-corrected chi connectivity index (χ4v) is 5.56. The van der Waals surface area contributed by atoms with Gasteiger partial charge in [0.15, 0.2) is 9.84 Å². The predicted octanol–water partition coefficient (Wildman–Crippen LogP) is 0.507. The zero-order chi connectivity index (χ0) is 14.2. The maximum Gasteiger partial charge on any atom is 0.225 e. The average molecular weight is 297 g/mol. The van der Waals surface area contributed by atoms with Gasteiger partial charge in [-0.1, -0.05) is 0 Å². The summed E-state index contributed by atoms with van der Waals surface area (Å²) < 4.78 is 29.6. The lowest BCUT2D eigenvalue weighted by Crippen LogP contribution is -2.68. The Kier molecular flexibility index (Phi) is 3.41. The molecule has 2 saturated heterocycles. The molecule has 110 valence electrons. The van der Waals surface area contributed by atoms with Gasteiger partial charge in [-0.25, -0.2) is 18.4 Å². The van der Waals surface area contributed by atoms with Crippen LogP contribution < -0.4 is 4.90 Å². The van der Waals surface area contributed by atoms with E-state index in [1.165, 1.54) is 0 Å². The molecule has 0 amide bonds. The highest BCUT2D eigenvalue weighted by Gasteiger charge is 2.62. The molecule has 1 aromatic heterocycles. The summed E-state index contributed by atoms with van der Waals surface area (Å²) >= 11 is 0. The second kappa shape index (κ2) is 4.96. The molecule has 7 heteroatoms. The first-order chi connectivity index (χ1) is 9.59. The topological polar surface area (TPSA) is 72.4 Å². The minimum absolute atomic E-state index is 0.0902. The van der Waals surface area contributed by atoms with Gasteiger partial charge >= 0.3 is 0 Å². The van der Waals surface area contributed by atoms with Crippen molar-refractivity contribution < 1.29 is 13.2 Å². The van der Waals surface area contributed by atoms with E-state index in [1.54, 1.807) is 18.5 Å². The molecule has 0 saturated carbocycles. The van der Waals surface area contributed by atoms with Gasteiger partial charge in [-0.2, -0.15) is 0 Å². The van der Waals surface area contributed by atoms with E-state index in [-0.39, 0.29) is 11.7 Å². The van der Waals surface area contributed by atoms with Gasteiger partial charge in [-0.15, -0.1) is 0 Å². The van der Waals surface area contributed by atoms with Crippen LogP contribution in [0.5, 0.6) is 0 Å². The Bertz CT molecular complexity index is 570. The molecule has 1 atom stereocenters. The van der Waals surface area contributed by atoms with Crippen molar-refractivity contribution in [2.24, 2.45) is 5.92 Å². The van der Waals surface area contributed by atoms with E-state index in [1.807, 2.05) is 11.8 Å². The van der Waals surface area contributed by atoms with Crippen LogP contribution in [0.1, 0.15) is 13.3 Å². The van der Waals surface area contributed by atoms with Crippen LogP contribution in [0, 0.1) is 5.92 Å². The second-order valence-electron chi connectivity index (χ2n) is 5.43. The van der Waals surface area contributed by atoms with Crippen LogP contribution in [-0.4, -0.2) is 55.2 Å². The molecule has 0 aliphatic carbocycles. The zero-order valence-corrected chi connectivity index (χ0v) is 12.3. The highest BCUT2D eigenvalue weighted by atomic mass is 32.2. The maximum absolute atomic E-state index is 12.4. The Morgan fingerprint density at radius 2 is 2.10 bits per heavy atom. The molecule has 0 bridgehead atoms. The molecule has 0 radical (unpaired) electrons. The van der Waals surface area contributed by atoms with Crippen LogP contribution in [-0.2, 0) is 14.6 Å². The SMILES string of the molecule is CCOC[C@@H]1CCS(=O)(=O)C12CN(c1ncccn1)C2. The summed E-state index contributed by atoms with van der Waals surface area (Å²) in [5.74, 6) is 0.969. The van der Waals surface area contributed by atoms with E-state index in [0.29, 0.717) is 38.7 Å². The van der Waals surface area contributed by atoms with Gasteiger partial charge in [0.05, 0.1) is 12.4 Å². The van der Waals surface area contributed by atoms with Crippen molar-refractivity contribution in [3.8, 4) is 0 Å². The number of rotatable bonds is 4. The molecular formula is C13H19N3O3S. The number of hydrogen-bond donors (Lipinski definition) is 0. The van der Waals surface area contributed by atoms with Crippen molar-refractivity contribution >= 4 is 15.8 Å². The maximum atomic E-state index is 12.4. The molecule has 2 fully saturated rings. The van der Waals surface area contributed by atoms with E-state index in [4.69, 9.17) is 4.74 Å². The third-order valence-corrected chi connectivity index (χ3v) is 6.98. The summed E-state index contributed by atoms with van der Waals surface area (Å²) in [4.78, 5) is 10.3. The van der Waals surface area contributed by atoms with E-state index in [0.717, 1.165) is 0 Å². The van der Waals surface area contributed by atoms with Crippen LogP contribution in [0.2, 0.25) is 0 Å². The molecule has 1 spiro atoms. The molecule has 3 rings (SSSR count). The quantitative estimate of drug-likeness (QED) is 0.806. The number of hydrogen-bond acceptors (Lipinski definition) is 6. The monoisotopic (exact) mass is 297 g/mol. The predicted molar refractivity (Wildman–Crippen MR) is 75.4 cm³/mol. The number of aromatic nitrogens is 2. The van der Waals surface area contributed by atoms with Crippen LogP contribution in [0.25, 0.3) is 0 Å². The van der Waals surface area contributed by atoms with Gasteiger partial charge in [-0.3, -0.25) is 0 Å². The smallest absolute Gasteiger partial charge is 0.225 e. The van der Waals surface area contributed by atoms with Crippen LogP contribution >= 0.6 is 0 Å². The molecule has 0 N–H and O–H groups in total. The minimum atomic E-state index is -3.05. The van der Waals surface area contributed by atoms with Gasteiger partial charge in [-0.05, 0) is 19.4 Å². The highest BCUT2D eigenvalue weighted by Crippen LogP contribution is 2.45. The third kappa shape index (κ3) is 2.00. The lowest BCUT2D eigenvalue weighted by Gasteiger charge is -2.49. The molecule has 6 nitrogen and oxygen atoms in total. The van der Waals surface area contributed by atoms with Crippen LogP contribution in [0.4, 0.5) is 5.95 Å². The van der Waals surface area contributed by atoms with Crippen LogP contribution in [0.15, 0.2) is 18.5 Å². The molecular weight excluding hydrogens is 278 g/mol. The fraction of sp³-hybridized carbons (Fsp3) is 0.692. The van der Waals surface area contributed by atoms with Crippen molar-refractivity contribution in [1.29, 1.82) is 0 Å². The largest absolute Gasteiger partial charge is 0.381 e. The fourth-order valence-electron chi connectivity index (χ4n) is 3.16. The first-order valence-corrected chi connectivity index (χ1v) is 8.56. The van der Waals surface area contributed by atoms with Gasteiger partial charge in [0, 0.05) is 38.0 Å². The van der Waals surface area contributed by atoms with Crippen molar-refractivity contribution in [3.63, 3.8) is 0 Å². The molecule has 3 heterocycles.